The predicted molar refractivity (Wildman–Crippen MR) is 123 cm³/mol. The second-order valence-corrected chi connectivity index (χ2v) is 6.84. The molecule has 30 heavy (non-hydrogen) atoms. The predicted octanol–water partition coefficient (Wildman–Crippen LogP) is 5.56. The zero-order chi connectivity index (χ0) is 20.7. The first-order valence-corrected chi connectivity index (χ1v) is 9.39. The highest BCUT2D eigenvalue weighted by atomic mass is 15.2. The van der Waals surface area contributed by atoms with Gasteiger partial charge in [0.05, 0.1) is 17.4 Å². The quantitative estimate of drug-likeness (QED) is 0.400. The number of rotatable bonds is 5. The number of hydrogen-bond donors (Lipinski definition) is 1. The van der Waals surface area contributed by atoms with E-state index in [0.717, 1.165) is 50.1 Å². The van der Waals surface area contributed by atoms with Gasteiger partial charge in [0.1, 0.15) is 5.65 Å². The van der Waals surface area contributed by atoms with Crippen LogP contribution in [0.1, 0.15) is 11.1 Å². The highest BCUT2D eigenvalue weighted by molar-refractivity contribution is 5.94. The van der Waals surface area contributed by atoms with Crippen molar-refractivity contribution in [1.82, 2.24) is 24.6 Å². The van der Waals surface area contributed by atoms with Crippen LogP contribution in [0, 0.1) is 0 Å². The Balaban J connectivity index is 1.60. The smallest absolute Gasteiger partial charge is 0.161 e. The Hall–Kier alpha value is -4.32. The van der Waals surface area contributed by atoms with Crippen LogP contribution >= 0.6 is 0 Å². The third-order valence-electron chi connectivity index (χ3n) is 5.19. The van der Waals surface area contributed by atoms with Crippen molar-refractivity contribution in [1.29, 1.82) is 0 Å². The Morgan fingerprint density at radius 1 is 1.00 bits per heavy atom. The van der Waals surface area contributed by atoms with Crippen molar-refractivity contribution in [2.24, 2.45) is 4.99 Å². The van der Waals surface area contributed by atoms with Crippen LogP contribution in [0.15, 0.2) is 73.3 Å². The maximum absolute atomic E-state index is 4.73. The molecule has 0 fully saturated rings. The van der Waals surface area contributed by atoms with Gasteiger partial charge in [0.25, 0.3) is 0 Å². The van der Waals surface area contributed by atoms with E-state index >= 15 is 0 Å². The van der Waals surface area contributed by atoms with E-state index in [1.54, 1.807) is 18.3 Å². The number of hydrogen-bond acceptors (Lipinski definition) is 4. The van der Waals surface area contributed by atoms with Gasteiger partial charge in [-0.15, -0.1) is 0 Å². The minimum atomic E-state index is 0.634. The van der Waals surface area contributed by atoms with Crippen LogP contribution in [-0.2, 0) is 0 Å². The number of aromatic amines is 1. The number of aromatic nitrogens is 5. The van der Waals surface area contributed by atoms with Crippen LogP contribution in [-0.4, -0.2) is 31.3 Å². The lowest BCUT2D eigenvalue weighted by Crippen LogP contribution is -1.91. The summed E-state index contributed by atoms with van der Waals surface area (Å²) in [5.74, 6) is 0.634. The van der Waals surface area contributed by atoms with Gasteiger partial charge in [0.2, 0.25) is 0 Å². The number of benzene rings is 1. The highest BCUT2D eigenvalue weighted by Gasteiger charge is 2.12. The highest BCUT2D eigenvalue weighted by Crippen LogP contribution is 2.31. The summed E-state index contributed by atoms with van der Waals surface area (Å²) in [5.41, 5.74) is 7.44. The van der Waals surface area contributed by atoms with Gasteiger partial charge in [0.15, 0.2) is 5.82 Å². The van der Waals surface area contributed by atoms with Gasteiger partial charge in [-0.05, 0) is 42.6 Å². The molecule has 6 heteroatoms. The van der Waals surface area contributed by atoms with Crippen molar-refractivity contribution < 1.29 is 0 Å². The molecule has 0 radical (unpaired) electrons. The Morgan fingerprint density at radius 3 is 2.67 bits per heavy atom. The standard InChI is InChI=1S/C24H18N6/c1-4-15-10-18(6-7-21(15)25-3)23-26-14-20-19(13-27-24(20)29-23)17-8-9-30-22(11-17)16(5-2)12-28-30/h4-14H,1-3H2,(H,26,27,29). The van der Waals surface area contributed by atoms with E-state index < -0.39 is 0 Å². The first-order chi connectivity index (χ1) is 14.7. The molecule has 144 valence electrons. The topological polar surface area (TPSA) is 71.2 Å². The van der Waals surface area contributed by atoms with Gasteiger partial charge in [-0.25, -0.2) is 14.5 Å². The SMILES string of the molecule is C=Cc1cc(-c2ncc3c(-c4ccn5ncc(C=C)c5c4)c[nH]c3n2)ccc1N=C. The Kier molecular flexibility index (Phi) is 4.10. The fourth-order valence-corrected chi connectivity index (χ4v) is 3.61. The van der Waals surface area contributed by atoms with Crippen molar-refractivity contribution in [3.63, 3.8) is 0 Å². The largest absolute Gasteiger partial charge is 0.345 e. The minimum Gasteiger partial charge on any atom is -0.345 e. The molecule has 0 spiro atoms. The minimum absolute atomic E-state index is 0.634. The summed E-state index contributed by atoms with van der Waals surface area (Å²) in [6.45, 7) is 11.3. The molecule has 4 heterocycles. The van der Waals surface area contributed by atoms with Gasteiger partial charge in [-0.3, -0.25) is 4.99 Å². The molecule has 0 aliphatic rings. The molecule has 5 aromatic rings. The monoisotopic (exact) mass is 390 g/mol. The van der Waals surface area contributed by atoms with Gasteiger partial charge < -0.3 is 4.98 Å². The Morgan fingerprint density at radius 2 is 1.87 bits per heavy atom. The molecule has 0 aliphatic heterocycles. The van der Waals surface area contributed by atoms with E-state index in [4.69, 9.17) is 4.98 Å². The van der Waals surface area contributed by atoms with Gasteiger partial charge in [-0.2, -0.15) is 5.10 Å². The third kappa shape index (κ3) is 2.74. The molecule has 1 aromatic carbocycles. The Bertz CT molecular complexity index is 1450. The molecule has 4 aromatic heterocycles. The average Bonchev–Trinajstić information content (AvgIpc) is 3.41. The lowest BCUT2D eigenvalue weighted by molar-refractivity contribution is 0.962. The van der Waals surface area contributed by atoms with E-state index in [9.17, 15) is 0 Å². The van der Waals surface area contributed by atoms with Crippen LogP contribution in [0.4, 0.5) is 5.69 Å². The summed E-state index contributed by atoms with van der Waals surface area (Å²) in [6.07, 6.45) is 11.1. The maximum atomic E-state index is 4.73. The van der Waals surface area contributed by atoms with Crippen molar-refractivity contribution in [3.8, 4) is 22.5 Å². The molecule has 0 amide bonds. The molecular formula is C24H18N6. The van der Waals surface area contributed by atoms with E-state index in [-0.39, 0.29) is 0 Å². The van der Waals surface area contributed by atoms with Crippen molar-refractivity contribution in [3.05, 3.63) is 79.4 Å². The summed E-state index contributed by atoms with van der Waals surface area (Å²) in [5, 5.41) is 5.30. The van der Waals surface area contributed by atoms with Crippen LogP contribution in [0.2, 0.25) is 0 Å². The zero-order valence-corrected chi connectivity index (χ0v) is 16.2. The second-order valence-electron chi connectivity index (χ2n) is 6.84. The summed E-state index contributed by atoms with van der Waals surface area (Å²) >= 11 is 0. The summed E-state index contributed by atoms with van der Waals surface area (Å²) in [6, 6.07) is 9.92. The molecule has 0 bridgehead atoms. The summed E-state index contributed by atoms with van der Waals surface area (Å²) in [7, 11) is 0. The van der Waals surface area contributed by atoms with Crippen molar-refractivity contribution >= 4 is 41.1 Å². The molecular weight excluding hydrogens is 372 g/mol. The molecule has 0 aliphatic carbocycles. The molecule has 6 nitrogen and oxygen atoms in total. The zero-order valence-electron chi connectivity index (χ0n) is 16.2. The molecule has 0 unspecified atom stereocenters. The first-order valence-electron chi connectivity index (χ1n) is 9.39. The molecule has 5 rings (SSSR count). The van der Waals surface area contributed by atoms with Gasteiger partial charge in [0, 0.05) is 46.2 Å². The Labute approximate surface area is 173 Å². The van der Waals surface area contributed by atoms with Crippen molar-refractivity contribution in [2.75, 3.05) is 0 Å². The fourth-order valence-electron chi connectivity index (χ4n) is 3.61. The number of fused-ring (bicyclic) bond motifs is 2. The van der Waals surface area contributed by atoms with Crippen molar-refractivity contribution in [2.45, 2.75) is 0 Å². The number of pyridine rings is 1. The van der Waals surface area contributed by atoms with E-state index in [1.807, 2.05) is 47.4 Å². The average molecular weight is 390 g/mol. The number of nitrogens with zero attached hydrogens (tertiary/aromatic N) is 5. The number of H-pyrrole nitrogens is 1. The third-order valence-corrected chi connectivity index (χ3v) is 5.19. The summed E-state index contributed by atoms with van der Waals surface area (Å²) < 4.78 is 1.84. The molecule has 0 atom stereocenters. The van der Waals surface area contributed by atoms with E-state index in [1.165, 1.54) is 0 Å². The first kappa shape index (κ1) is 17.8. The molecule has 0 saturated heterocycles. The second kappa shape index (κ2) is 6.93. The van der Waals surface area contributed by atoms with Crippen LogP contribution in [0.3, 0.4) is 0 Å². The molecule has 1 N–H and O–H groups in total. The van der Waals surface area contributed by atoms with Gasteiger partial charge in [-0.1, -0.05) is 25.3 Å². The van der Waals surface area contributed by atoms with E-state index in [2.05, 4.69) is 46.0 Å². The lowest BCUT2D eigenvalue weighted by Gasteiger charge is -2.05. The molecule has 0 saturated carbocycles. The van der Waals surface area contributed by atoms with Crippen LogP contribution < -0.4 is 0 Å². The lowest BCUT2D eigenvalue weighted by atomic mass is 10.1. The normalized spacial score (nSPS) is 11.1. The number of nitrogens with one attached hydrogen (secondary N) is 1. The summed E-state index contributed by atoms with van der Waals surface area (Å²) in [4.78, 5) is 16.6. The van der Waals surface area contributed by atoms with Crippen LogP contribution in [0.25, 0.3) is 51.2 Å². The van der Waals surface area contributed by atoms with E-state index in [0.29, 0.717) is 5.82 Å². The van der Waals surface area contributed by atoms with Gasteiger partial charge >= 0.3 is 0 Å². The maximum Gasteiger partial charge on any atom is 0.161 e. The van der Waals surface area contributed by atoms with Crippen LogP contribution in [0.5, 0.6) is 0 Å². The fraction of sp³-hybridized carbons (Fsp3) is 0. The number of aliphatic imine (C=N–C) groups is 1.